The fraction of sp³-hybridized carbons (Fsp3) is 0.226. The number of aryl methyl sites for hydroxylation is 1. The van der Waals surface area contributed by atoms with Crippen molar-refractivity contribution in [3.05, 3.63) is 110 Å². The number of carbonyl (C=O) groups excluding carboxylic acids is 3. The number of hydrogen-bond acceptors (Lipinski definition) is 8. The SMILES string of the molecule is CCOC(=O)c1ccc(N2C(=O)C3Sc4[nH]c(=O)sc4C(c4ccccc4OCc4ccccc4C)C3C2=O)cc1. The molecule has 208 valence electrons. The third-order valence-electron chi connectivity index (χ3n) is 7.36. The van der Waals surface area contributed by atoms with Crippen molar-refractivity contribution >= 4 is 46.6 Å². The van der Waals surface area contributed by atoms with Gasteiger partial charge in [-0.05, 0) is 55.3 Å². The lowest BCUT2D eigenvalue weighted by Gasteiger charge is -2.30. The molecule has 0 bridgehead atoms. The molecule has 41 heavy (non-hydrogen) atoms. The van der Waals surface area contributed by atoms with E-state index < -0.39 is 23.1 Å². The van der Waals surface area contributed by atoms with Crippen LogP contribution in [0.25, 0.3) is 0 Å². The summed E-state index contributed by atoms with van der Waals surface area (Å²) in [6.07, 6.45) is 0. The summed E-state index contributed by atoms with van der Waals surface area (Å²) in [4.78, 5) is 57.0. The quantitative estimate of drug-likeness (QED) is 0.232. The highest BCUT2D eigenvalue weighted by Gasteiger charge is 2.56. The van der Waals surface area contributed by atoms with Gasteiger partial charge in [-0.25, -0.2) is 9.69 Å². The number of aromatic amines is 1. The smallest absolute Gasteiger partial charge is 0.338 e. The summed E-state index contributed by atoms with van der Waals surface area (Å²) in [5, 5.41) is -0.139. The Balaban J connectivity index is 1.38. The minimum absolute atomic E-state index is 0.239. The van der Waals surface area contributed by atoms with Gasteiger partial charge in [0.1, 0.15) is 17.6 Å². The largest absolute Gasteiger partial charge is 0.489 e. The van der Waals surface area contributed by atoms with Crippen LogP contribution in [0.2, 0.25) is 0 Å². The second-order valence-corrected chi connectivity index (χ2v) is 11.9. The Morgan fingerprint density at radius 2 is 1.68 bits per heavy atom. The highest BCUT2D eigenvalue weighted by atomic mass is 32.2. The minimum Gasteiger partial charge on any atom is -0.489 e. The van der Waals surface area contributed by atoms with Crippen LogP contribution in [-0.2, 0) is 20.9 Å². The van der Waals surface area contributed by atoms with Crippen LogP contribution in [0.4, 0.5) is 5.69 Å². The van der Waals surface area contributed by atoms with Gasteiger partial charge in [0.2, 0.25) is 11.8 Å². The third-order valence-corrected chi connectivity index (χ3v) is 9.76. The number of esters is 1. The molecule has 4 aromatic rings. The van der Waals surface area contributed by atoms with Crippen molar-refractivity contribution in [1.29, 1.82) is 0 Å². The van der Waals surface area contributed by atoms with Crippen LogP contribution in [0.1, 0.15) is 44.8 Å². The van der Waals surface area contributed by atoms with Crippen LogP contribution in [0, 0.1) is 12.8 Å². The van der Waals surface area contributed by atoms with Gasteiger partial charge in [-0.15, -0.1) is 0 Å². The molecule has 3 heterocycles. The number of thiazole rings is 1. The number of fused-ring (bicyclic) bond motifs is 2. The molecular formula is C31H26N2O6S2. The molecule has 0 spiro atoms. The summed E-state index contributed by atoms with van der Waals surface area (Å²) in [6.45, 7) is 4.32. The maximum Gasteiger partial charge on any atom is 0.338 e. The van der Waals surface area contributed by atoms with Crippen LogP contribution >= 0.6 is 23.1 Å². The molecule has 10 heteroatoms. The lowest BCUT2D eigenvalue weighted by atomic mass is 9.82. The first kappa shape index (κ1) is 27.0. The Morgan fingerprint density at radius 1 is 0.951 bits per heavy atom. The van der Waals surface area contributed by atoms with Gasteiger partial charge in [0.25, 0.3) is 0 Å². The molecule has 2 aliphatic heterocycles. The Kier molecular flexibility index (Phi) is 7.27. The van der Waals surface area contributed by atoms with Gasteiger partial charge in [0.15, 0.2) is 0 Å². The topological polar surface area (TPSA) is 106 Å². The van der Waals surface area contributed by atoms with Crippen molar-refractivity contribution in [2.45, 2.75) is 36.6 Å². The summed E-state index contributed by atoms with van der Waals surface area (Å²) >= 11 is 2.27. The number of H-pyrrole nitrogens is 1. The van der Waals surface area contributed by atoms with E-state index in [1.807, 2.05) is 55.5 Å². The van der Waals surface area contributed by atoms with Gasteiger partial charge < -0.3 is 14.5 Å². The van der Waals surface area contributed by atoms with E-state index in [1.165, 1.54) is 16.7 Å². The van der Waals surface area contributed by atoms with Gasteiger partial charge in [-0.1, -0.05) is 65.6 Å². The maximum atomic E-state index is 14.1. The molecule has 8 nitrogen and oxygen atoms in total. The van der Waals surface area contributed by atoms with Gasteiger partial charge in [-0.3, -0.25) is 14.4 Å². The number of nitrogens with zero attached hydrogens (tertiary/aromatic N) is 1. The molecule has 2 aliphatic rings. The lowest BCUT2D eigenvalue weighted by molar-refractivity contribution is -0.122. The first-order chi connectivity index (χ1) is 19.9. The second-order valence-electron chi connectivity index (χ2n) is 9.78. The zero-order valence-electron chi connectivity index (χ0n) is 22.3. The molecule has 6 rings (SSSR count). The third kappa shape index (κ3) is 4.87. The van der Waals surface area contributed by atoms with Crippen LogP contribution in [0.5, 0.6) is 5.75 Å². The van der Waals surface area contributed by atoms with Crippen molar-refractivity contribution in [2.24, 2.45) is 5.92 Å². The Morgan fingerprint density at radius 3 is 2.44 bits per heavy atom. The number of amides is 2. The molecule has 1 N–H and O–H groups in total. The van der Waals surface area contributed by atoms with Crippen molar-refractivity contribution in [3.8, 4) is 5.75 Å². The molecule has 0 saturated carbocycles. The fourth-order valence-electron chi connectivity index (χ4n) is 5.36. The van der Waals surface area contributed by atoms with Gasteiger partial charge in [-0.2, -0.15) is 0 Å². The molecule has 0 radical (unpaired) electrons. The van der Waals surface area contributed by atoms with E-state index in [4.69, 9.17) is 9.47 Å². The minimum atomic E-state index is -0.751. The van der Waals surface area contributed by atoms with Crippen molar-refractivity contribution in [3.63, 3.8) is 0 Å². The predicted molar refractivity (Wildman–Crippen MR) is 157 cm³/mol. The monoisotopic (exact) mass is 586 g/mol. The fourth-order valence-corrected chi connectivity index (χ4v) is 7.87. The summed E-state index contributed by atoms with van der Waals surface area (Å²) in [5.41, 5.74) is 3.59. The molecular weight excluding hydrogens is 560 g/mol. The number of benzene rings is 3. The maximum absolute atomic E-state index is 14.1. The number of rotatable bonds is 7. The first-order valence-corrected chi connectivity index (χ1v) is 14.9. The molecule has 3 atom stereocenters. The number of thioether (sulfide) groups is 1. The standard InChI is InChI=1S/C31H26N2O6S2/c1-3-38-30(36)18-12-14-20(15-13-18)33-28(34)24-23(25-27(32-31(37)41-25)40-26(24)29(33)35)21-10-6-7-11-22(21)39-16-19-9-5-4-8-17(19)2/h4-15,23-24,26H,3,16H2,1-2H3,(H,32,37). The van der Waals surface area contributed by atoms with E-state index in [0.29, 0.717) is 33.5 Å². The average Bonchev–Trinajstić information content (AvgIpc) is 3.47. The molecule has 0 aliphatic carbocycles. The molecule has 1 fully saturated rings. The first-order valence-electron chi connectivity index (χ1n) is 13.2. The zero-order chi connectivity index (χ0) is 28.7. The molecule has 1 saturated heterocycles. The highest BCUT2D eigenvalue weighted by molar-refractivity contribution is 8.00. The van der Waals surface area contributed by atoms with E-state index in [2.05, 4.69) is 4.98 Å². The normalized spacial score (nSPS) is 19.6. The Hall–Kier alpha value is -4.15. The van der Waals surface area contributed by atoms with Crippen LogP contribution < -0.4 is 14.5 Å². The van der Waals surface area contributed by atoms with Crippen LogP contribution in [0.15, 0.2) is 82.6 Å². The van der Waals surface area contributed by atoms with Crippen molar-refractivity contribution in [1.82, 2.24) is 4.98 Å². The van der Waals surface area contributed by atoms with Gasteiger partial charge in [0, 0.05) is 16.4 Å². The summed E-state index contributed by atoms with van der Waals surface area (Å²) in [7, 11) is 0. The van der Waals surface area contributed by atoms with Gasteiger partial charge >= 0.3 is 10.8 Å². The van der Waals surface area contributed by atoms with Crippen LogP contribution in [-0.4, -0.2) is 34.6 Å². The van der Waals surface area contributed by atoms with E-state index in [0.717, 1.165) is 28.0 Å². The summed E-state index contributed by atoms with van der Waals surface area (Å²) < 4.78 is 11.4. The van der Waals surface area contributed by atoms with E-state index in [9.17, 15) is 19.2 Å². The molecule has 2 amide bonds. The van der Waals surface area contributed by atoms with E-state index in [1.54, 1.807) is 31.2 Å². The summed E-state index contributed by atoms with van der Waals surface area (Å²) in [6, 6.07) is 21.7. The molecule has 1 aromatic heterocycles. The number of ether oxygens (including phenoxy) is 2. The zero-order valence-corrected chi connectivity index (χ0v) is 23.9. The van der Waals surface area contributed by atoms with Crippen molar-refractivity contribution < 1.29 is 23.9 Å². The Bertz CT molecular complexity index is 1710. The van der Waals surface area contributed by atoms with Crippen LogP contribution in [0.3, 0.4) is 0 Å². The number of aromatic nitrogens is 1. The number of anilines is 1. The number of carbonyl (C=O) groups is 3. The van der Waals surface area contributed by atoms with Crippen molar-refractivity contribution in [2.75, 3.05) is 11.5 Å². The molecule has 3 unspecified atom stereocenters. The molecule has 3 aromatic carbocycles. The number of imide groups is 1. The summed E-state index contributed by atoms with van der Waals surface area (Å²) in [5.74, 6) is -1.92. The van der Waals surface area contributed by atoms with Gasteiger partial charge in [0.05, 0.1) is 28.8 Å². The predicted octanol–water partition coefficient (Wildman–Crippen LogP) is 5.30. The van der Waals surface area contributed by atoms with E-state index in [-0.39, 0.29) is 23.3 Å². The second kappa shape index (κ2) is 11.0. The number of nitrogens with one attached hydrogen (secondary N) is 1. The lowest BCUT2D eigenvalue weighted by Crippen LogP contribution is -2.32. The van der Waals surface area contributed by atoms with E-state index >= 15 is 0 Å². The average molecular weight is 587 g/mol. The highest BCUT2D eigenvalue weighted by Crippen LogP contribution is 2.54. The number of para-hydroxylation sites is 1. The Labute approximate surface area is 244 Å². The number of hydrogen-bond donors (Lipinski definition) is 1.